The van der Waals surface area contributed by atoms with Crippen LogP contribution in [0, 0.1) is 0 Å². The third-order valence-electron chi connectivity index (χ3n) is 5.42. The van der Waals surface area contributed by atoms with Crippen molar-refractivity contribution in [1.82, 2.24) is 5.32 Å². The number of carbonyl (C=O) groups excluding carboxylic acids is 2. The number of nitrogens with zero attached hydrogens (tertiary/aromatic N) is 2. The molecule has 2 aromatic carbocycles. The van der Waals surface area contributed by atoms with E-state index in [1.165, 1.54) is 0 Å². The van der Waals surface area contributed by atoms with Gasteiger partial charge in [0.2, 0.25) is 5.91 Å². The van der Waals surface area contributed by atoms with Gasteiger partial charge < -0.3 is 15.1 Å². The predicted molar refractivity (Wildman–Crippen MR) is 110 cm³/mol. The van der Waals surface area contributed by atoms with Crippen LogP contribution in [-0.2, 0) is 11.3 Å². The van der Waals surface area contributed by atoms with Gasteiger partial charge in [-0.3, -0.25) is 9.59 Å². The minimum Gasteiger partial charge on any atom is -0.358 e. The van der Waals surface area contributed by atoms with E-state index in [9.17, 15) is 9.59 Å². The number of hydrogen-bond donors (Lipinski definition) is 1. The Kier molecular flexibility index (Phi) is 4.91. The molecule has 0 saturated carbocycles. The Morgan fingerprint density at radius 2 is 2.00 bits per heavy atom. The van der Waals surface area contributed by atoms with Crippen molar-refractivity contribution in [1.29, 1.82) is 0 Å². The average Bonchev–Trinajstić information content (AvgIpc) is 2.71. The van der Waals surface area contributed by atoms with Crippen LogP contribution in [0.25, 0.3) is 0 Å². The molecule has 1 fully saturated rings. The number of benzene rings is 2. The molecule has 0 spiro atoms. The highest BCUT2D eigenvalue weighted by atomic mass is 79.9. The molecule has 2 aliphatic heterocycles. The molecule has 6 heteroatoms. The lowest BCUT2D eigenvalue weighted by molar-refractivity contribution is -0.120. The first kappa shape index (κ1) is 18.0. The van der Waals surface area contributed by atoms with Crippen molar-refractivity contribution < 1.29 is 9.59 Å². The van der Waals surface area contributed by atoms with Gasteiger partial charge in [-0.25, -0.2) is 0 Å². The summed E-state index contributed by atoms with van der Waals surface area (Å²) in [5.74, 6) is -0.0249. The van der Waals surface area contributed by atoms with E-state index in [1.54, 1.807) is 11.9 Å². The molecule has 5 nitrogen and oxygen atoms in total. The van der Waals surface area contributed by atoms with Gasteiger partial charge in [0.25, 0.3) is 5.91 Å². The van der Waals surface area contributed by atoms with Crippen LogP contribution in [0.3, 0.4) is 0 Å². The van der Waals surface area contributed by atoms with Crippen LogP contribution in [0.1, 0.15) is 35.2 Å². The normalized spacial score (nSPS) is 18.7. The zero-order chi connectivity index (χ0) is 19.0. The summed E-state index contributed by atoms with van der Waals surface area (Å²) >= 11 is 3.50. The topological polar surface area (TPSA) is 52.7 Å². The summed E-state index contributed by atoms with van der Waals surface area (Å²) in [5.41, 5.74) is 3.44. The first-order chi connectivity index (χ1) is 13.1. The van der Waals surface area contributed by atoms with Gasteiger partial charge in [-0.15, -0.1) is 0 Å². The number of piperidine rings is 1. The summed E-state index contributed by atoms with van der Waals surface area (Å²) in [6, 6.07) is 13.4. The fourth-order valence-electron chi connectivity index (χ4n) is 3.91. The van der Waals surface area contributed by atoms with Crippen molar-refractivity contribution in [3.63, 3.8) is 0 Å². The molecule has 1 N–H and O–H groups in total. The van der Waals surface area contributed by atoms with Crippen molar-refractivity contribution in [2.45, 2.75) is 31.8 Å². The summed E-state index contributed by atoms with van der Waals surface area (Å²) < 4.78 is 0.970. The fraction of sp³-hybridized carbons (Fsp3) is 0.333. The summed E-state index contributed by atoms with van der Waals surface area (Å²) in [4.78, 5) is 29.3. The van der Waals surface area contributed by atoms with Gasteiger partial charge in [0.1, 0.15) is 6.04 Å². The summed E-state index contributed by atoms with van der Waals surface area (Å²) in [5, 5.41) is 2.96. The van der Waals surface area contributed by atoms with Crippen molar-refractivity contribution in [3.8, 4) is 0 Å². The minimum atomic E-state index is -0.143. The monoisotopic (exact) mass is 427 g/mol. The van der Waals surface area contributed by atoms with Crippen molar-refractivity contribution in [2.24, 2.45) is 0 Å². The molecule has 0 aromatic heterocycles. The van der Waals surface area contributed by atoms with Crippen LogP contribution >= 0.6 is 15.9 Å². The standard InChI is InChI=1S/C21H22BrN3O2/c1-24-19-12-14(20(26)23-13-15-6-2-3-7-16(15)22)9-10-17(19)25-11-5-4-8-18(25)21(24)27/h2-3,6-7,9-10,12,18H,4-5,8,11,13H2,1H3,(H,23,26). The van der Waals surface area contributed by atoms with Gasteiger partial charge in [-0.2, -0.15) is 0 Å². The lowest BCUT2D eigenvalue weighted by atomic mass is 9.96. The molecule has 0 aliphatic carbocycles. The van der Waals surface area contributed by atoms with Gasteiger partial charge >= 0.3 is 0 Å². The largest absolute Gasteiger partial charge is 0.358 e. The van der Waals surface area contributed by atoms with E-state index in [1.807, 2.05) is 42.5 Å². The quantitative estimate of drug-likeness (QED) is 0.811. The second-order valence-corrected chi connectivity index (χ2v) is 7.93. The smallest absolute Gasteiger partial charge is 0.251 e. The highest BCUT2D eigenvalue weighted by molar-refractivity contribution is 9.10. The van der Waals surface area contributed by atoms with Crippen molar-refractivity contribution in [2.75, 3.05) is 23.4 Å². The predicted octanol–water partition coefficient (Wildman–Crippen LogP) is 3.71. The number of likely N-dealkylation sites (N-methyl/N-ethyl adjacent to an activating group) is 1. The van der Waals surface area contributed by atoms with E-state index in [-0.39, 0.29) is 17.9 Å². The van der Waals surface area contributed by atoms with E-state index in [0.717, 1.165) is 47.2 Å². The van der Waals surface area contributed by atoms with Crippen LogP contribution in [0.5, 0.6) is 0 Å². The van der Waals surface area contributed by atoms with Crippen molar-refractivity contribution in [3.05, 3.63) is 58.1 Å². The third-order valence-corrected chi connectivity index (χ3v) is 6.20. The lowest BCUT2D eigenvalue weighted by Crippen LogP contribution is -2.54. The maximum Gasteiger partial charge on any atom is 0.251 e. The van der Waals surface area contributed by atoms with Gasteiger partial charge in [0.15, 0.2) is 0 Å². The molecule has 2 amide bonds. The Morgan fingerprint density at radius 3 is 2.81 bits per heavy atom. The highest BCUT2D eigenvalue weighted by Gasteiger charge is 2.37. The summed E-state index contributed by atoms with van der Waals surface area (Å²) in [6.45, 7) is 1.34. The summed E-state index contributed by atoms with van der Waals surface area (Å²) in [7, 11) is 1.80. The Labute approximate surface area is 167 Å². The van der Waals surface area contributed by atoms with E-state index in [4.69, 9.17) is 0 Å². The second-order valence-electron chi connectivity index (χ2n) is 7.08. The molecule has 0 radical (unpaired) electrons. The maximum absolute atomic E-state index is 12.7. The lowest BCUT2D eigenvalue weighted by Gasteiger charge is -2.44. The molecule has 0 bridgehead atoms. The number of fused-ring (bicyclic) bond motifs is 3. The number of halogens is 1. The summed E-state index contributed by atoms with van der Waals surface area (Å²) in [6.07, 6.45) is 3.09. The third kappa shape index (κ3) is 3.34. The second kappa shape index (κ2) is 7.35. The van der Waals surface area contributed by atoms with Crippen LogP contribution in [0.2, 0.25) is 0 Å². The SMILES string of the molecule is CN1C(=O)C2CCCCN2c2ccc(C(=O)NCc3ccccc3Br)cc21. The Morgan fingerprint density at radius 1 is 1.19 bits per heavy atom. The Bertz CT molecular complexity index is 899. The molecule has 27 heavy (non-hydrogen) atoms. The van der Waals surface area contributed by atoms with E-state index >= 15 is 0 Å². The van der Waals surface area contributed by atoms with Gasteiger partial charge in [0.05, 0.1) is 11.4 Å². The molecule has 140 valence electrons. The molecule has 1 saturated heterocycles. The Hall–Kier alpha value is -2.34. The number of nitrogens with one attached hydrogen (secondary N) is 1. The van der Waals surface area contributed by atoms with E-state index in [2.05, 4.69) is 26.1 Å². The highest BCUT2D eigenvalue weighted by Crippen LogP contribution is 2.39. The number of carbonyl (C=O) groups is 2. The van der Waals surface area contributed by atoms with E-state index in [0.29, 0.717) is 12.1 Å². The molecular formula is C21H22BrN3O2. The number of anilines is 2. The number of rotatable bonds is 3. The molecule has 2 heterocycles. The molecule has 4 rings (SSSR count). The molecular weight excluding hydrogens is 406 g/mol. The molecule has 1 unspecified atom stereocenters. The van der Waals surface area contributed by atoms with Gasteiger partial charge in [-0.1, -0.05) is 34.1 Å². The first-order valence-corrected chi connectivity index (χ1v) is 10.1. The van der Waals surface area contributed by atoms with Crippen LogP contribution in [0.15, 0.2) is 46.9 Å². The number of hydrogen-bond acceptors (Lipinski definition) is 3. The van der Waals surface area contributed by atoms with Gasteiger partial charge in [0, 0.05) is 30.2 Å². The first-order valence-electron chi connectivity index (χ1n) is 9.26. The number of amides is 2. The van der Waals surface area contributed by atoms with E-state index < -0.39 is 0 Å². The average molecular weight is 428 g/mol. The van der Waals surface area contributed by atoms with Gasteiger partial charge in [-0.05, 0) is 49.1 Å². The maximum atomic E-state index is 12.7. The fourth-order valence-corrected chi connectivity index (χ4v) is 4.34. The van der Waals surface area contributed by atoms with Crippen LogP contribution < -0.4 is 15.1 Å². The van der Waals surface area contributed by atoms with Crippen LogP contribution in [0.4, 0.5) is 11.4 Å². The molecule has 2 aliphatic rings. The zero-order valence-electron chi connectivity index (χ0n) is 15.2. The molecule has 1 atom stereocenters. The van der Waals surface area contributed by atoms with Crippen molar-refractivity contribution >= 4 is 39.1 Å². The zero-order valence-corrected chi connectivity index (χ0v) is 16.8. The van der Waals surface area contributed by atoms with Crippen LogP contribution in [-0.4, -0.2) is 31.4 Å². The molecule has 2 aromatic rings. The minimum absolute atomic E-state index is 0.0636. The Balaban J connectivity index is 1.56.